The Morgan fingerprint density at radius 2 is 1.61 bits per heavy atom. The van der Waals surface area contributed by atoms with E-state index >= 15 is 0 Å². The molecule has 0 saturated carbocycles. The van der Waals surface area contributed by atoms with E-state index in [1.807, 2.05) is 49.4 Å². The third kappa shape index (κ3) is 4.31. The summed E-state index contributed by atoms with van der Waals surface area (Å²) in [5.41, 5.74) is 2.73. The molecule has 7 heteroatoms. The lowest BCUT2D eigenvalue weighted by molar-refractivity contribution is -0.116. The molecule has 2 aromatic rings. The fraction of sp³-hybridized carbons (Fsp3) is 0.381. The Labute approximate surface area is 164 Å². The van der Waals surface area contributed by atoms with Crippen LogP contribution in [0.3, 0.4) is 0 Å². The third-order valence-electron chi connectivity index (χ3n) is 4.83. The summed E-state index contributed by atoms with van der Waals surface area (Å²) in [5.74, 6) is 1.32. The molecular weight excluding hydrogens is 358 g/mol. The number of rotatable bonds is 5. The van der Waals surface area contributed by atoms with Crippen molar-refractivity contribution >= 4 is 23.0 Å². The van der Waals surface area contributed by atoms with Crippen molar-refractivity contribution in [3.8, 4) is 11.5 Å². The van der Waals surface area contributed by atoms with Gasteiger partial charge >= 0.3 is 0 Å². The van der Waals surface area contributed by atoms with Crippen molar-refractivity contribution in [3.63, 3.8) is 0 Å². The van der Waals surface area contributed by atoms with E-state index in [2.05, 4.69) is 15.5 Å². The normalized spacial score (nSPS) is 17.0. The van der Waals surface area contributed by atoms with E-state index in [1.54, 1.807) is 0 Å². The van der Waals surface area contributed by atoms with Crippen LogP contribution in [0.2, 0.25) is 0 Å². The van der Waals surface area contributed by atoms with Crippen molar-refractivity contribution in [3.05, 3.63) is 42.5 Å². The molecule has 2 aliphatic rings. The smallest absolute Gasteiger partial charge is 0.246 e. The molecule has 2 aromatic carbocycles. The van der Waals surface area contributed by atoms with Gasteiger partial charge in [0, 0.05) is 36.2 Å². The Morgan fingerprint density at radius 3 is 2.36 bits per heavy atom. The van der Waals surface area contributed by atoms with Crippen molar-refractivity contribution in [2.24, 2.45) is 0 Å². The minimum atomic E-state index is -0.401. The van der Waals surface area contributed by atoms with Crippen molar-refractivity contribution < 1.29 is 19.0 Å². The molecule has 0 aliphatic carbocycles. The highest BCUT2D eigenvalue weighted by atomic mass is 16.6. The fourth-order valence-electron chi connectivity index (χ4n) is 3.28. The van der Waals surface area contributed by atoms with E-state index < -0.39 is 6.04 Å². The van der Waals surface area contributed by atoms with Crippen LogP contribution in [0.4, 0.5) is 17.1 Å². The lowest BCUT2D eigenvalue weighted by Crippen LogP contribution is -2.36. The number of carbonyl (C=O) groups excluding carboxylic acids is 1. The molecule has 1 fully saturated rings. The molecule has 0 bridgehead atoms. The van der Waals surface area contributed by atoms with Crippen LogP contribution in [0.1, 0.15) is 6.92 Å². The van der Waals surface area contributed by atoms with E-state index in [-0.39, 0.29) is 5.91 Å². The van der Waals surface area contributed by atoms with Gasteiger partial charge in [-0.2, -0.15) is 0 Å². The number of benzene rings is 2. The minimum absolute atomic E-state index is 0.103. The van der Waals surface area contributed by atoms with Crippen molar-refractivity contribution in [1.29, 1.82) is 0 Å². The molecule has 148 valence electrons. The number of morpholine rings is 1. The van der Waals surface area contributed by atoms with Crippen LogP contribution in [0.25, 0.3) is 0 Å². The predicted octanol–water partition coefficient (Wildman–Crippen LogP) is 2.73. The summed E-state index contributed by atoms with van der Waals surface area (Å²) in [7, 11) is 0. The molecule has 1 amide bonds. The summed E-state index contributed by atoms with van der Waals surface area (Å²) in [6.45, 7) is 6.21. The zero-order valence-electron chi connectivity index (χ0n) is 15.9. The van der Waals surface area contributed by atoms with Crippen LogP contribution in [0.15, 0.2) is 42.5 Å². The lowest BCUT2D eigenvalue weighted by atomic mass is 10.2. The van der Waals surface area contributed by atoms with Gasteiger partial charge in [-0.3, -0.25) is 4.79 Å². The van der Waals surface area contributed by atoms with Gasteiger partial charge in [0.25, 0.3) is 0 Å². The molecule has 7 nitrogen and oxygen atoms in total. The number of nitrogens with zero attached hydrogens (tertiary/aromatic N) is 1. The highest BCUT2D eigenvalue weighted by Crippen LogP contribution is 2.32. The second-order valence-electron chi connectivity index (χ2n) is 6.86. The average molecular weight is 383 g/mol. The zero-order chi connectivity index (χ0) is 19.3. The number of hydrogen-bond acceptors (Lipinski definition) is 6. The number of hydrogen-bond donors (Lipinski definition) is 2. The average Bonchev–Trinajstić information content (AvgIpc) is 2.75. The number of ether oxygens (including phenoxy) is 3. The predicted molar refractivity (Wildman–Crippen MR) is 109 cm³/mol. The van der Waals surface area contributed by atoms with Crippen molar-refractivity contribution in [2.45, 2.75) is 13.0 Å². The van der Waals surface area contributed by atoms with Gasteiger partial charge < -0.3 is 29.7 Å². The molecule has 28 heavy (non-hydrogen) atoms. The molecule has 2 heterocycles. The highest BCUT2D eigenvalue weighted by Gasteiger charge is 2.16. The quantitative estimate of drug-likeness (QED) is 0.827. The lowest BCUT2D eigenvalue weighted by Gasteiger charge is -2.29. The van der Waals surface area contributed by atoms with Gasteiger partial charge in [-0.25, -0.2) is 0 Å². The molecule has 0 radical (unpaired) electrons. The Morgan fingerprint density at radius 1 is 0.929 bits per heavy atom. The number of nitrogens with one attached hydrogen (secondary N) is 2. The first-order valence-electron chi connectivity index (χ1n) is 9.59. The van der Waals surface area contributed by atoms with Gasteiger partial charge in [0.05, 0.1) is 13.2 Å². The van der Waals surface area contributed by atoms with Crippen LogP contribution in [0.5, 0.6) is 11.5 Å². The molecule has 0 aromatic heterocycles. The summed E-state index contributed by atoms with van der Waals surface area (Å²) in [5, 5.41) is 6.16. The second kappa shape index (κ2) is 8.39. The summed E-state index contributed by atoms with van der Waals surface area (Å²) in [6.07, 6.45) is 0. The van der Waals surface area contributed by atoms with Crippen LogP contribution < -0.4 is 25.0 Å². The van der Waals surface area contributed by atoms with Gasteiger partial charge in [-0.15, -0.1) is 0 Å². The summed E-state index contributed by atoms with van der Waals surface area (Å²) in [4.78, 5) is 14.8. The maximum absolute atomic E-state index is 12.5. The molecule has 1 atom stereocenters. The maximum Gasteiger partial charge on any atom is 0.246 e. The van der Waals surface area contributed by atoms with E-state index in [0.29, 0.717) is 19.0 Å². The molecule has 2 aliphatic heterocycles. The van der Waals surface area contributed by atoms with Crippen molar-refractivity contribution in [1.82, 2.24) is 0 Å². The van der Waals surface area contributed by atoms with Crippen molar-refractivity contribution in [2.75, 3.05) is 55.1 Å². The number of carbonyl (C=O) groups is 1. The summed E-state index contributed by atoms with van der Waals surface area (Å²) >= 11 is 0. The number of amides is 1. The largest absolute Gasteiger partial charge is 0.486 e. The van der Waals surface area contributed by atoms with Gasteiger partial charge in [-0.1, -0.05) is 0 Å². The second-order valence-corrected chi connectivity index (χ2v) is 6.86. The molecule has 2 N–H and O–H groups in total. The Balaban J connectivity index is 1.34. The Bertz CT molecular complexity index is 819. The monoisotopic (exact) mass is 383 g/mol. The first-order valence-corrected chi connectivity index (χ1v) is 9.59. The zero-order valence-corrected chi connectivity index (χ0v) is 15.9. The first kappa shape index (κ1) is 18.4. The maximum atomic E-state index is 12.5. The summed E-state index contributed by atoms with van der Waals surface area (Å²) in [6, 6.07) is 13.1. The number of fused-ring (bicyclic) bond motifs is 1. The van der Waals surface area contributed by atoms with Crippen LogP contribution >= 0.6 is 0 Å². The third-order valence-corrected chi connectivity index (χ3v) is 4.83. The SMILES string of the molecule is C[C@@H](Nc1ccc2c(c1)OCCO2)C(=O)Nc1ccc(N2CCOCC2)cc1. The minimum Gasteiger partial charge on any atom is -0.486 e. The Hall–Kier alpha value is -2.93. The highest BCUT2D eigenvalue weighted by molar-refractivity contribution is 5.96. The van der Waals surface area contributed by atoms with Crippen LogP contribution in [-0.2, 0) is 9.53 Å². The molecule has 1 saturated heterocycles. The summed E-state index contributed by atoms with van der Waals surface area (Å²) < 4.78 is 16.5. The van der Waals surface area contributed by atoms with E-state index in [4.69, 9.17) is 14.2 Å². The fourth-order valence-corrected chi connectivity index (χ4v) is 3.28. The van der Waals surface area contributed by atoms with Crippen LogP contribution in [-0.4, -0.2) is 51.5 Å². The Kier molecular flexibility index (Phi) is 5.53. The molecule has 0 spiro atoms. The van der Waals surface area contributed by atoms with Crippen LogP contribution in [0, 0.1) is 0 Å². The first-order chi connectivity index (χ1) is 13.7. The standard InChI is InChI=1S/C21H25N3O4/c1-15(22-17-4-7-19-20(14-17)28-13-12-27-19)21(25)23-16-2-5-18(6-3-16)24-8-10-26-11-9-24/h2-7,14-15,22H,8-13H2,1H3,(H,23,25)/t15-/m1/s1. The van der Waals surface area contributed by atoms with Gasteiger partial charge in [-0.05, 0) is 43.3 Å². The molecular formula is C21H25N3O4. The molecule has 4 rings (SSSR count). The van der Waals surface area contributed by atoms with E-state index in [1.165, 1.54) is 0 Å². The van der Waals surface area contributed by atoms with E-state index in [0.717, 1.165) is 49.1 Å². The topological polar surface area (TPSA) is 72.1 Å². The van der Waals surface area contributed by atoms with Gasteiger partial charge in [0.1, 0.15) is 19.3 Å². The van der Waals surface area contributed by atoms with E-state index in [9.17, 15) is 4.79 Å². The van der Waals surface area contributed by atoms with Gasteiger partial charge in [0.2, 0.25) is 5.91 Å². The number of anilines is 3. The van der Waals surface area contributed by atoms with Gasteiger partial charge in [0.15, 0.2) is 11.5 Å². The molecule has 0 unspecified atom stereocenters.